The van der Waals surface area contributed by atoms with Crippen molar-refractivity contribution in [3.63, 3.8) is 0 Å². The van der Waals surface area contributed by atoms with Crippen molar-refractivity contribution >= 4 is 0 Å². The summed E-state index contributed by atoms with van der Waals surface area (Å²) in [5.41, 5.74) is 12.6. The molecule has 0 aliphatic heterocycles. The normalized spacial score (nSPS) is 12.8. The molecular weight excluding hydrogens is 200 g/mol. The molecule has 0 saturated carbocycles. The Balaban J connectivity index is 2.67. The van der Waals surface area contributed by atoms with Crippen molar-refractivity contribution in [1.82, 2.24) is 0 Å². The smallest absolute Gasteiger partial charge is 0.119 e. The number of hydrogen-bond donors (Lipinski definition) is 2. The van der Waals surface area contributed by atoms with E-state index in [4.69, 9.17) is 16.2 Å². The molecule has 0 aliphatic rings. The third-order valence-electron chi connectivity index (χ3n) is 3.02. The average molecular weight is 222 g/mol. The molecule has 1 unspecified atom stereocenters. The molecule has 0 bridgehead atoms. The molecule has 4 N–H and O–H groups in total. The minimum atomic E-state index is 0.404. The molecule has 1 aromatic carbocycles. The first-order valence-corrected chi connectivity index (χ1v) is 5.75. The highest BCUT2D eigenvalue weighted by molar-refractivity contribution is 5.30. The summed E-state index contributed by atoms with van der Waals surface area (Å²) in [6.45, 7) is 3.52. The predicted molar refractivity (Wildman–Crippen MR) is 67.6 cm³/mol. The summed E-state index contributed by atoms with van der Waals surface area (Å²) in [4.78, 5) is 0. The van der Waals surface area contributed by atoms with Gasteiger partial charge in [-0.2, -0.15) is 0 Å². The second-order valence-electron chi connectivity index (χ2n) is 4.25. The van der Waals surface area contributed by atoms with Gasteiger partial charge in [0, 0.05) is 0 Å². The lowest BCUT2D eigenvalue weighted by atomic mass is 9.90. The van der Waals surface area contributed by atoms with E-state index in [1.165, 1.54) is 5.56 Å². The first-order chi connectivity index (χ1) is 7.71. The molecule has 0 amide bonds. The van der Waals surface area contributed by atoms with Crippen LogP contribution in [0.5, 0.6) is 5.75 Å². The van der Waals surface area contributed by atoms with E-state index in [9.17, 15) is 0 Å². The van der Waals surface area contributed by atoms with Crippen molar-refractivity contribution in [3.05, 3.63) is 29.8 Å². The lowest BCUT2D eigenvalue weighted by molar-refractivity contribution is 0.412. The Morgan fingerprint density at radius 2 is 1.94 bits per heavy atom. The van der Waals surface area contributed by atoms with Gasteiger partial charge in [-0.05, 0) is 49.0 Å². The van der Waals surface area contributed by atoms with Gasteiger partial charge in [0.05, 0.1) is 7.11 Å². The van der Waals surface area contributed by atoms with E-state index in [0.29, 0.717) is 24.9 Å². The third-order valence-corrected chi connectivity index (χ3v) is 3.02. The molecule has 0 fully saturated rings. The van der Waals surface area contributed by atoms with E-state index >= 15 is 0 Å². The zero-order valence-electron chi connectivity index (χ0n) is 10.1. The van der Waals surface area contributed by atoms with Crippen LogP contribution >= 0.6 is 0 Å². The second kappa shape index (κ2) is 6.51. The maximum absolute atomic E-state index is 5.66. The maximum Gasteiger partial charge on any atom is 0.119 e. The van der Waals surface area contributed by atoms with Gasteiger partial charge in [0.15, 0.2) is 0 Å². The lowest BCUT2D eigenvalue weighted by Crippen LogP contribution is -2.24. The minimum absolute atomic E-state index is 0.404. The standard InChI is InChI=1S/C13H22N2O/c1-10(6-11(8-14)9-15)12-4-3-5-13(7-12)16-2/h3-5,7,10-11H,6,8-9,14-15H2,1-2H3. The van der Waals surface area contributed by atoms with Crippen molar-refractivity contribution in [3.8, 4) is 5.75 Å². The number of ether oxygens (including phenoxy) is 1. The Labute approximate surface area is 97.8 Å². The van der Waals surface area contributed by atoms with Crippen LogP contribution in [-0.4, -0.2) is 20.2 Å². The van der Waals surface area contributed by atoms with E-state index in [1.807, 2.05) is 12.1 Å². The number of nitrogens with two attached hydrogens (primary N) is 2. The molecule has 0 saturated heterocycles. The van der Waals surface area contributed by atoms with Crippen molar-refractivity contribution in [2.45, 2.75) is 19.3 Å². The fourth-order valence-electron chi connectivity index (χ4n) is 1.87. The van der Waals surface area contributed by atoms with Gasteiger partial charge < -0.3 is 16.2 Å². The molecule has 1 atom stereocenters. The summed E-state index contributed by atoms with van der Waals surface area (Å²) >= 11 is 0. The Kier molecular flexibility index (Phi) is 5.29. The summed E-state index contributed by atoms with van der Waals surface area (Å²) in [5, 5.41) is 0. The lowest BCUT2D eigenvalue weighted by Gasteiger charge is -2.18. The maximum atomic E-state index is 5.66. The Morgan fingerprint density at radius 1 is 1.25 bits per heavy atom. The number of rotatable bonds is 6. The Bertz CT molecular complexity index is 311. The van der Waals surface area contributed by atoms with E-state index in [0.717, 1.165) is 12.2 Å². The third kappa shape index (κ3) is 3.51. The van der Waals surface area contributed by atoms with E-state index in [1.54, 1.807) is 7.11 Å². The van der Waals surface area contributed by atoms with Gasteiger partial charge in [0.25, 0.3) is 0 Å². The summed E-state index contributed by atoms with van der Waals surface area (Å²) < 4.78 is 5.21. The molecule has 0 heterocycles. The topological polar surface area (TPSA) is 61.3 Å². The summed E-state index contributed by atoms with van der Waals surface area (Å²) in [6, 6.07) is 8.18. The molecule has 90 valence electrons. The van der Waals surface area contributed by atoms with Crippen LogP contribution < -0.4 is 16.2 Å². The molecule has 1 aromatic rings. The van der Waals surface area contributed by atoms with Crippen LogP contribution in [0.3, 0.4) is 0 Å². The molecule has 3 nitrogen and oxygen atoms in total. The van der Waals surface area contributed by atoms with Gasteiger partial charge in [0.1, 0.15) is 5.75 Å². The van der Waals surface area contributed by atoms with Crippen LogP contribution in [0.15, 0.2) is 24.3 Å². The van der Waals surface area contributed by atoms with Gasteiger partial charge in [0.2, 0.25) is 0 Å². The molecule has 0 radical (unpaired) electrons. The highest BCUT2D eigenvalue weighted by atomic mass is 16.5. The molecule has 0 aliphatic carbocycles. The quantitative estimate of drug-likeness (QED) is 0.770. The van der Waals surface area contributed by atoms with E-state index in [-0.39, 0.29) is 0 Å². The van der Waals surface area contributed by atoms with Crippen LogP contribution in [0.25, 0.3) is 0 Å². The van der Waals surface area contributed by atoms with Crippen molar-refractivity contribution in [2.75, 3.05) is 20.2 Å². The van der Waals surface area contributed by atoms with Crippen LogP contribution in [0.2, 0.25) is 0 Å². The highest BCUT2D eigenvalue weighted by Gasteiger charge is 2.12. The first-order valence-electron chi connectivity index (χ1n) is 5.75. The van der Waals surface area contributed by atoms with Gasteiger partial charge in [-0.15, -0.1) is 0 Å². The Hall–Kier alpha value is -1.06. The monoisotopic (exact) mass is 222 g/mol. The fourth-order valence-corrected chi connectivity index (χ4v) is 1.87. The minimum Gasteiger partial charge on any atom is -0.497 e. The predicted octanol–water partition coefficient (Wildman–Crippen LogP) is 1.72. The number of methoxy groups -OCH3 is 1. The summed E-state index contributed by atoms with van der Waals surface area (Å²) in [5.74, 6) is 1.77. The van der Waals surface area contributed by atoms with Crippen molar-refractivity contribution in [1.29, 1.82) is 0 Å². The van der Waals surface area contributed by atoms with Crippen molar-refractivity contribution < 1.29 is 4.74 Å². The second-order valence-corrected chi connectivity index (χ2v) is 4.25. The largest absolute Gasteiger partial charge is 0.497 e. The van der Waals surface area contributed by atoms with Gasteiger partial charge >= 0.3 is 0 Å². The van der Waals surface area contributed by atoms with Gasteiger partial charge in [-0.25, -0.2) is 0 Å². The van der Waals surface area contributed by atoms with Crippen LogP contribution in [0.1, 0.15) is 24.8 Å². The number of benzene rings is 1. The zero-order valence-corrected chi connectivity index (χ0v) is 10.1. The first kappa shape index (κ1) is 13.0. The molecule has 0 aromatic heterocycles. The van der Waals surface area contributed by atoms with E-state index in [2.05, 4.69) is 19.1 Å². The summed E-state index contributed by atoms with van der Waals surface area (Å²) in [6.07, 6.45) is 1.03. The van der Waals surface area contributed by atoms with Crippen LogP contribution in [0, 0.1) is 5.92 Å². The van der Waals surface area contributed by atoms with Gasteiger partial charge in [-0.1, -0.05) is 19.1 Å². The zero-order chi connectivity index (χ0) is 12.0. The SMILES string of the molecule is COc1cccc(C(C)CC(CN)CN)c1. The molecule has 3 heteroatoms. The fraction of sp³-hybridized carbons (Fsp3) is 0.538. The van der Waals surface area contributed by atoms with Crippen LogP contribution in [0.4, 0.5) is 0 Å². The number of hydrogen-bond acceptors (Lipinski definition) is 3. The van der Waals surface area contributed by atoms with E-state index < -0.39 is 0 Å². The molecular formula is C13H22N2O. The van der Waals surface area contributed by atoms with Gasteiger partial charge in [-0.3, -0.25) is 0 Å². The summed E-state index contributed by atoms with van der Waals surface area (Å²) in [7, 11) is 1.69. The highest BCUT2D eigenvalue weighted by Crippen LogP contribution is 2.25. The Morgan fingerprint density at radius 3 is 2.50 bits per heavy atom. The van der Waals surface area contributed by atoms with Crippen molar-refractivity contribution in [2.24, 2.45) is 17.4 Å². The molecule has 0 spiro atoms. The molecule has 1 rings (SSSR count). The molecule has 16 heavy (non-hydrogen) atoms. The average Bonchev–Trinajstić information content (AvgIpc) is 2.35. The van der Waals surface area contributed by atoms with Crippen LogP contribution in [-0.2, 0) is 0 Å².